The molecule has 0 spiro atoms. The summed E-state index contributed by atoms with van der Waals surface area (Å²) in [7, 11) is 0. The van der Waals surface area contributed by atoms with Crippen LogP contribution in [0.5, 0.6) is 0 Å². The van der Waals surface area contributed by atoms with E-state index in [9.17, 15) is 67.4 Å². The van der Waals surface area contributed by atoms with Crippen LogP contribution in [-0.4, -0.2) is 185 Å². The van der Waals surface area contributed by atoms with Crippen LogP contribution in [0, 0.1) is 11.8 Å². The fraction of sp³-hybridized carbons (Fsp3) is 0.569. The van der Waals surface area contributed by atoms with Crippen LogP contribution in [0.25, 0.3) is 0 Å². The van der Waals surface area contributed by atoms with Gasteiger partial charge >= 0.3 is 5.97 Å². The Hall–Kier alpha value is -7.41. The molecular formula is C51H76N14O14S3. The molecule has 0 aromatic heterocycles. The highest BCUT2D eigenvalue weighted by molar-refractivity contribution is 7.99. The van der Waals surface area contributed by atoms with Gasteiger partial charge in [0.1, 0.15) is 42.3 Å². The fourth-order valence-electron chi connectivity index (χ4n) is 8.56. The zero-order valence-corrected chi connectivity index (χ0v) is 48.3. The van der Waals surface area contributed by atoms with Gasteiger partial charge in [-0.2, -0.15) is 37.0 Å². The molecule has 28 nitrogen and oxygen atoms in total. The number of unbranched alkanes of at least 4 members (excludes halogenated alkanes) is 1. The molecule has 1 saturated carbocycles. The van der Waals surface area contributed by atoms with Gasteiger partial charge in [0.15, 0.2) is 5.96 Å². The molecule has 0 radical (unpaired) electrons. The highest BCUT2D eigenvalue weighted by atomic mass is 32.2. The third-order valence-corrected chi connectivity index (χ3v) is 14.4. The first-order chi connectivity index (χ1) is 39.0. The zero-order valence-electron chi connectivity index (χ0n) is 45.6. The van der Waals surface area contributed by atoms with Crippen molar-refractivity contribution in [2.24, 2.45) is 34.0 Å². The summed E-state index contributed by atoms with van der Waals surface area (Å²) in [6.07, 6.45) is 6.60. The molecule has 31 heteroatoms. The molecule has 1 aliphatic heterocycles. The van der Waals surface area contributed by atoms with Gasteiger partial charge in [-0.3, -0.25) is 72.2 Å². The third kappa shape index (κ3) is 24.8. The number of hydrogen-bond donors (Lipinski definition) is 15. The van der Waals surface area contributed by atoms with Crippen molar-refractivity contribution in [3.8, 4) is 0 Å². The van der Waals surface area contributed by atoms with E-state index in [0.717, 1.165) is 0 Å². The average Bonchev–Trinajstić information content (AvgIpc) is 3.82. The van der Waals surface area contributed by atoms with E-state index in [4.69, 9.17) is 17.2 Å². The molecule has 1 heterocycles. The molecule has 1 aliphatic carbocycles. The quantitative estimate of drug-likeness (QED) is 0.0100. The Labute approximate surface area is 489 Å². The molecule has 1 aromatic rings. The number of aliphatic carboxylic acids is 1. The number of nitrogens with two attached hydrogens (primary N) is 3. The predicted molar refractivity (Wildman–Crippen MR) is 308 cm³/mol. The van der Waals surface area contributed by atoms with Crippen molar-refractivity contribution in [2.75, 3.05) is 49.7 Å². The molecule has 7 atom stereocenters. The Morgan fingerprint density at radius 3 is 1.74 bits per heavy atom. The van der Waals surface area contributed by atoms with Gasteiger partial charge < -0.3 is 70.2 Å². The molecule has 3 rings (SSSR count). The number of primary amides is 1. The second-order valence-corrected chi connectivity index (χ2v) is 21.1. The Morgan fingerprint density at radius 1 is 0.659 bits per heavy atom. The number of hydrogen-bond acceptors (Lipinski definition) is 17. The summed E-state index contributed by atoms with van der Waals surface area (Å²) in [6.45, 7) is 1.08. The first kappa shape index (κ1) is 68.9. The van der Waals surface area contributed by atoms with E-state index in [-0.39, 0.29) is 91.5 Å². The maximum atomic E-state index is 13.8. The summed E-state index contributed by atoms with van der Waals surface area (Å²) in [4.78, 5) is 173. The lowest BCUT2D eigenvalue weighted by Gasteiger charge is -2.30. The van der Waals surface area contributed by atoms with Gasteiger partial charge in [0.05, 0.1) is 18.7 Å². The lowest BCUT2D eigenvalue weighted by Crippen LogP contribution is -2.59. The van der Waals surface area contributed by atoms with Gasteiger partial charge in [-0.05, 0) is 82.4 Å². The van der Waals surface area contributed by atoms with Gasteiger partial charge in [0, 0.05) is 55.6 Å². The van der Waals surface area contributed by atoms with E-state index in [1.54, 1.807) is 36.6 Å². The largest absolute Gasteiger partial charge is 0.481 e. The van der Waals surface area contributed by atoms with E-state index in [2.05, 4.69) is 78.1 Å². The summed E-state index contributed by atoms with van der Waals surface area (Å²) < 4.78 is 0. The number of rotatable bonds is 36. The van der Waals surface area contributed by atoms with Crippen molar-refractivity contribution in [3.63, 3.8) is 0 Å². The van der Waals surface area contributed by atoms with Crippen LogP contribution in [0.2, 0.25) is 0 Å². The topological polar surface area (TPSA) is 444 Å². The Kier molecular flexibility index (Phi) is 30.3. The summed E-state index contributed by atoms with van der Waals surface area (Å²) in [5, 5.41) is 32.1. The summed E-state index contributed by atoms with van der Waals surface area (Å²) in [5.74, 6) is -11.2. The molecule has 452 valence electrons. The van der Waals surface area contributed by atoms with Crippen LogP contribution in [-0.2, 0) is 68.7 Å². The van der Waals surface area contributed by atoms with Crippen molar-refractivity contribution < 1.29 is 67.4 Å². The minimum absolute atomic E-state index is 0.00922. The Morgan fingerprint density at radius 2 is 1.18 bits per heavy atom. The average molecular weight is 1210 g/mol. The number of thiol groups is 2. The van der Waals surface area contributed by atoms with Crippen molar-refractivity contribution in [1.29, 1.82) is 0 Å². The van der Waals surface area contributed by atoms with Crippen LogP contribution >= 0.6 is 37.0 Å². The van der Waals surface area contributed by atoms with Gasteiger partial charge in [-0.25, -0.2) is 0 Å². The molecule has 2 aliphatic rings. The van der Waals surface area contributed by atoms with Crippen LogP contribution < -0.4 is 65.1 Å². The number of imide groups is 1. The third-order valence-electron chi connectivity index (χ3n) is 13.1. The molecule has 0 saturated heterocycles. The number of carboxylic acids is 1. The molecule has 12 amide bonds. The van der Waals surface area contributed by atoms with E-state index < -0.39 is 114 Å². The van der Waals surface area contributed by atoms with Crippen LogP contribution in [0.4, 0.5) is 0 Å². The minimum Gasteiger partial charge on any atom is -0.481 e. The Balaban J connectivity index is 1.62. The number of carboxylic acid groups (broad SMARTS) is 1. The number of nitrogens with zero attached hydrogens (tertiary/aromatic N) is 2. The molecule has 16 N–H and O–H groups in total. The van der Waals surface area contributed by atoms with Crippen molar-refractivity contribution in [2.45, 2.75) is 120 Å². The maximum absolute atomic E-state index is 13.8. The number of guanidine groups is 1. The second-order valence-electron chi connectivity index (χ2n) is 19.5. The highest BCUT2D eigenvalue weighted by Crippen LogP contribution is 2.30. The van der Waals surface area contributed by atoms with E-state index >= 15 is 0 Å². The first-order valence-electron chi connectivity index (χ1n) is 26.5. The van der Waals surface area contributed by atoms with E-state index in [0.29, 0.717) is 50.6 Å². The van der Waals surface area contributed by atoms with Crippen LogP contribution in [0.3, 0.4) is 0 Å². The van der Waals surface area contributed by atoms with Gasteiger partial charge in [0.25, 0.3) is 11.8 Å². The SMILES string of the molecule is CSCC(=O)N[C@@H](CCCCNC(=O)C1CCC(CN2C(=O)C=CC2=O)CC1)C(=O)N[C@@H](CS)C(=O)N[C@@H](CCCN=C(N)N)C(=O)NCC(=O)N[C@@H](CC(=O)O)C(=O)N[C@@H](CS)C(=O)N[C@@H](Cc1ccccc1)C(=O)N[C@@H](C)C(N)=O. The fourth-order valence-corrected chi connectivity index (χ4v) is 9.42. The first-order valence-corrected chi connectivity index (χ1v) is 29.1. The number of carbonyl (C=O) groups excluding carboxylic acids is 12. The normalized spacial score (nSPS) is 17.2. The molecule has 1 fully saturated rings. The standard InChI is InChI=1S/C51H76N14O14S3/c1-28(43(52)72)58-47(76)34(21-29-9-4-3-5-10-29)62-50(79)37(26-81)64-48(77)35(22-42(70)71)60-38(66)23-57-45(74)32(12-8-20-56-51(53)54)61-49(78)36(25-80)63-46(75)33(59-39(67)27-82-2)11-6-7-19-55-44(73)31-15-13-30(14-16-31)24-65-40(68)17-18-41(65)69/h3-5,9-10,17-18,28,30-37,80-81H,6-8,11-16,19-27H2,1-2H3,(H2,52,72)(H,55,73)(H,57,74)(H,58,76)(H,59,67)(H,60,66)(H,61,78)(H,62,79)(H,63,75)(H,64,77)(H,70,71)(H4,53,54,56)/t28-,30?,31?,32-,33-,34-,35-,36-,37-/m0/s1. The van der Waals surface area contributed by atoms with E-state index in [1.807, 2.05) is 0 Å². The molecule has 0 bridgehead atoms. The smallest absolute Gasteiger partial charge is 0.305 e. The highest BCUT2D eigenvalue weighted by Gasteiger charge is 2.34. The lowest BCUT2D eigenvalue weighted by molar-refractivity contribution is -0.141. The van der Waals surface area contributed by atoms with Crippen molar-refractivity contribution >= 4 is 120 Å². The number of aliphatic imine (C=N–C) groups is 1. The molecule has 1 aromatic carbocycles. The number of amides is 12. The number of thioether (sulfide) groups is 1. The molecule has 82 heavy (non-hydrogen) atoms. The number of carbonyl (C=O) groups is 13. The number of benzene rings is 1. The van der Waals surface area contributed by atoms with Gasteiger partial charge in [-0.15, -0.1) is 0 Å². The van der Waals surface area contributed by atoms with E-state index in [1.165, 1.54) is 35.7 Å². The maximum Gasteiger partial charge on any atom is 0.305 e. The monoisotopic (exact) mass is 1200 g/mol. The van der Waals surface area contributed by atoms with Crippen molar-refractivity contribution in [1.82, 2.24) is 52.8 Å². The predicted octanol–water partition coefficient (Wildman–Crippen LogP) is -3.99. The lowest BCUT2D eigenvalue weighted by atomic mass is 9.81. The summed E-state index contributed by atoms with van der Waals surface area (Å²) in [6, 6.07) is -1.11. The summed E-state index contributed by atoms with van der Waals surface area (Å²) in [5.41, 5.74) is 16.8. The van der Waals surface area contributed by atoms with Gasteiger partial charge in [0.2, 0.25) is 59.1 Å². The van der Waals surface area contributed by atoms with Gasteiger partial charge in [-0.1, -0.05) is 30.3 Å². The molecular weight excluding hydrogens is 1130 g/mol. The molecule has 0 unspecified atom stereocenters. The van der Waals surface area contributed by atoms with Crippen molar-refractivity contribution in [3.05, 3.63) is 48.0 Å². The zero-order chi connectivity index (χ0) is 60.9. The second kappa shape index (κ2) is 36.1. The number of nitrogens with one attached hydrogen (secondary N) is 9. The Bertz CT molecular complexity index is 2480. The van der Waals surface area contributed by atoms with Crippen LogP contribution in [0.15, 0.2) is 47.5 Å². The minimum atomic E-state index is -1.82. The summed E-state index contributed by atoms with van der Waals surface area (Å²) >= 11 is 9.61. The van der Waals surface area contributed by atoms with Crippen LogP contribution in [0.1, 0.15) is 76.7 Å².